The van der Waals surface area contributed by atoms with Crippen LogP contribution in [-0.2, 0) is 0 Å². The number of rotatable bonds is 3. The van der Waals surface area contributed by atoms with Gasteiger partial charge < -0.3 is 9.47 Å². The van der Waals surface area contributed by atoms with Crippen LogP contribution >= 0.6 is 11.6 Å². The van der Waals surface area contributed by atoms with Crippen LogP contribution < -0.4 is 14.9 Å². The minimum absolute atomic E-state index is 0.141. The van der Waals surface area contributed by atoms with Gasteiger partial charge in [0.25, 0.3) is 5.91 Å². The first-order valence-corrected chi connectivity index (χ1v) is 6.69. The molecule has 0 aromatic heterocycles. The molecule has 0 bridgehead atoms. The SMILES string of the molecule is O=C(N/N=C/c1cc2c(cc1Cl)OCO2)c1cccc(F)c1. The number of nitrogens with one attached hydrogen (secondary N) is 1. The molecule has 5 nitrogen and oxygen atoms in total. The standard InChI is InChI=1S/C15H10ClFN2O3/c16-12-6-14-13(21-8-22-14)5-10(12)7-18-19-15(20)9-2-1-3-11(17)4-9/h1-7H,8H2,(H,19,20)/b18-7+. The van der Waals surface area contributed by atoms with Crippen LogP contribution in [0, 0.1) is 5.82 Å². The van der Waals surface area contributed by atoms with E-state index in [9.17, 15) is 9.18 Å². The lowest BCUT2D eigenvalue weighted by Crippen LogP contribution is -2.17. The lowest BCUT2D eigenvalue weighted by atomic mass is 10.2. The van der Waals surface area contributed by atoms with E-state index in [1.807, 2.05) is 0 Å². The monoisotopic (exact) mass is 320 g/mol. The molecule has 0 unspecified atom stereocenters. The summed E-state index contributed by atoms with van der Waals surface area (Å²) < 4.78 is 23.5. The molecule has 7 heteroatoms. The second kappa shape index (κ2) is 6.03. The summed E-state index contributed by atoms with van der Waals surface area (Å²) in [5.74, 6) is 0.108. The Morgan fingerprint density at radius 3 is 2.82 bits per heavy atom. The highest BCUT2D eigenvalue weighted by Gasteiger charge is 2.15. The highest BCUT2D eigenvalue weighted by molar-refractivity contribution is 6.33. The van der Waals surface area contributed by atoms with E-state index in [2.05, 4.69) is 10.5 Å². The molecule has 22 heavy (non-hydrogen) atoms. The van der Waals surface area contributed by atoms with Gasteiger partial charge in [0.15, 0.2) is 11.5 Å². The molecule has 1 amide bonds. The van der Waals surface area contributed by atoms with Gasteiger partial charge in [-0.2, -0.15) is 5.10 Å². The Balaban J connectivity index is 1.71. The fourth-order valence-corrected chi connectivity index (χ4v) is 2.09. The number of nitrogens with zero attached hydrogens (tertiary/aromatic N) is 1. The zero-order valence-electron chi connectivity index (χ0n) is 11.2. The molecule has 1 N–H and O–H groups in total. The maximum Gasteiger partial charge on any atom is 0.271 e. The second-order valence-electron chi connectivity index (χ2n) is 4.44. The van der Waals surface area contributed by atoms with Crippen molar-refractivity contribution in [2.75, 3.05) is 6.79 Å². The number of carbonyl (C=O) groups excluding carboxylic acids is 1. The second-order valence-corrected chi connectivity index (χ2v) is 4.84. The third kappa shape index (κ3) is 3.01. The molecule has 1 aliphatic rings. The van der Waals surface area contributed by atoms with E-state index in [4.69, 9.17) is 21.1 Å². The van der Waals surface area contributed by atoms with Crippen LogP contribution in [0.2, 0.25) is 5.02 Å². The average molecular weight is 321 g/mol. The first-order chi connectivity index (χ1) is 10.6. The number of carbonyl (C=O) groups is 1. The molecule has 0 radical (unpaired) electrons. The molecule has 0 fully saturated rings. The molecule has 0 spiro atoms. The van der Waals surface area contributed by atoms with Gasteiger partial charge in [0.2, 0.25) is 6.79 Å². The van der Waals surface area contributed by atoms with Gasteiger partial charge in [-0.05, 0) is 24.3 Å². The van der Waals surface area contributed by atoms with Crippen molar-refractivity contribution in [2.45, 2.75) is 0 Å². The predicted octanol–water partition coefficient (Wildman–Crippen LogP) is 2.97. The molecule has 1 heterocycles. The molecule has 0 saturated heterocycles. The van der Waals surface area contributed by atoms with Crippen molar-refractivity contribution < 1.29 is 18.7 Å². The summed E-state index contributed by atoms with van der Waals surface area (Å²) in [6, 6.07) is 8.58. The lowest BCUT2D eigenvalue weighted by molar-refractivity contribution is 0.0954. The third-order valence-corrected chi connectivity index (χ3v) is 3.28. The van der Waals surface area contributed by atoms with Crippen molar-refractivity contribution in [1.29, 1.82) is 0 Å². The maximum absolute atomic E-state index is 13.0. The van der Waals surface area contributed by atoms with Crippen molar-refractivity contribution in [3.05, 3.63) is 58.4 Å². The summed E-state index contributed by atoms with van der Waals surface area (Å²) in [5, 5.41) is 4.22. The summed E-state index contributed by atoms with van der Waals surface area (Å²) in [4.78, 5) is 11.8. The van der Waals surface area contributed by atoms with Crippen LogP contribution in [0.4, 0.5) is 4.39 Å². The summed E-state index contributed by atoms with van der Waals surface area (Å²) in [5.41, 5.74) is 3.04. The molecule has 2 aromatic carbocycles. The van der Waals surface area contributed by atoms with Crippen LogP contribution in [0.15, 0.2) is 41.5 Å². The Labute approximate surface area is 130 Å². The third-order valence-electron chi connectivity index (χ3n) is 2.95. The van der Waals surface area contributed by atoms with Gasteiger partial charge >= 0.3 is 0 Å². The van der Waals surface area contributed by atoms with Crippen LogP contribution in [0.25, 0.3) is 0 Å². The zero-order valence-corrected chi connectivity index (χ0v) is 11.9. The van der Waals surface area contributed by atoms with E-state index >= 15 is 0 Å². The van der Waals surface area contributed by atoms with Crippen molar-refractivity contribution in [2.24, 2.45) is 5.10 Å². The van der Waals surface area contributed by atoms with Crippen molar-refractivity contribution >= 4 is 23.7 Å². The van der Waals surface area contributed by atoms with Crippen LogP contribution in [0.5, 0.6) is 11.5 Å². The highest BCUT2D eigenvalue weighted by atomic mass is 35.5. The first-order valence-electron chi connectivity index (χ1n) is 6.31. The fraction of sp³-hybridized carbons (Fsp3) is 0.0667. The van der Waals surface area contributed by atoms with E-state index in [-0.39, 0.29) is 12.4 Å². The summed E-state index contributed by atoms with van der Waals surface area (Å²) >= 11 is 6.07. The number of benzene rings is 2. The first kappa shape index (κ1) is 14.3. The Morgan fingerprint density at radius 1 is 1.27 bits per heavy atom. The smallest absolute Gasteiger partial charge is 0.271 e. The zero-order chi connectivity index (χ0) is 15.5. The Morgan fingerprint density at radius 2 is 2.05 bits per heavy atom. The quantitative estimate of drug-likeness (QED) is 0.698. The summed E-state index contributed by atoms with van der Waals surface area (Å²) in [6.07, 6.45) is 1.38. The van der Waals surface area contributed by atoms with Gasteiger partial charge in [-0.25, -0.2) is 9.82 Å². The van der Waals surface area contributed by atoms with Gasteiger partial charge in [0.1, 0.15) is 5.82 Å². The molecule has 1 aliphatic heterocycles. The van der Waals surface area contributed by atoms with E-state index in [0.717, 1.165) is 6.07 Å². The number of amides is 1. The minimum atomic E-state index is -0.521. The van der Waals surface area contributed by atoms with E-state index in [1.54, 1.807) is 12.1 Å². The number of hydrazone groups is 1. The molecular formula is C15H10ClFN2O3. The van der Waals surface area contributed by atoms with Crippen LogP contribution in [0.3, 0.4) is 0 Å². The Kier molecular flexibility index (Phi) is 3.93. The molecule has 0 saturated carbocycles. The van der Waals surface area contributed by atoms with Crippen molar-refractivity contribution in [1.82, 2.24) is 5.43 Å². The number of hydrogen-bond acceptors (Lipinski definition) is 4. The highest BCUT2D eigenvalue weighted by Crippen LogP contribution is 2.36. The van der Waals surface area contributed by atoms with Crippen molar-refractivity contribution in [3.8, 4) is 11.5 Å². The van der Waals surface area contributed by atoms with Crippen LogP contribution in [-0.4, -0.2) is 18.9 Å². The number of halogens is 2. The number of hydrogen-bond donors (Lipinski definition) is 1. The van der Waals surface area contributed by atoms with E-state index in [0.29, 0.717) is 22.1 Å². The topological polar surface area (TPSA) is 59.9 Å². The van der Waals surface area contributed by atoms with Gasteiger partial charge in [-0.1, -0.05) is 17.7 Å². The predicted molar refractivity (Wildman–Crippen MR) is 79.0 cm³/mol. The normalized spacial score (nSPS) is 12.6. The van der Waals surface area contributed by atoms with Gasteiger partial charge in [-0.15, -0.1) is 0 Å². The minimum Gasteiger partial charge on any atom is -0.454 e. The lowest BCUT2D eigenvalue weighted by Gasteiger charge is -2.02. The van der Waals surface area contributed by atoms with Gasteiger partial charge in [-0.3, -0.25) is 4.79 Å². The molecule has 2 aromatic rings. The van der Waals surface area contributed by atoms with Gasteiger partial charge in [0, 0.05) is 17.2 Å². The molecular weight excluding hydrogens is 311 g/mol. The Hall–Kier alpha value is -2.60. The molecule has 0 atom stereocenters. The summed E-state index contributed by atoms with van der Waals surface area (Å²) in [6.45, 7) is 0.141. The maximum atomic E-state index is 13.0. The molecule has 112 valence electrons. The fourth-order valence-electron chi connectivity index (χ4n) is 1.89. The average Bonchev–Trinajstić information content (AvgIpc) is 2.94. The Bertz CT molecular complexity index is 764. The largest absolute Gasteiger partial charge is 0.454 e. The van der Waals surface area contributed by atoms with Crippen molar-refractivity contribution in [3.63, 3.8) is 0 Å². The number of ether oxygens (including phenoxy) is 2. The van der Waals surface area contributed by atoms with E-state index < -0.39 is 11.7 Å². The van der Waals surface area contributed by atoms with Gasteiger partial charge in [0.05, 0.1) is 11.2 Å². The molecule has 3 rings (SSSR count). The molecule has 0 aliphatic carbocycles. The van der Waals surface area contributed by atoms with E-state index in [1.165, 1.54) is 24.4 Å². The number of fused-ring (bicyclic) bond motifs is 1. The van der Waals surface area contributed by atoms with Crippen LogP contribution in [0.1, 0.15) is 15.9 Å². The summed E-state index contributed by atoms with van der Waals surface area (Å²) in [7, 11) is 0.